The molecule has 18 heavy (non-hydrogen) atoms. The van der Waals surface area contributed by atoms with Gasteiger partial charge < -0.3 is 0 Å². The molecule has 4 nitrogen and oxygen atoms in total. The molecule has 1 aliphatic rings. The van der Waals surface area contributed by atoms with E-state index in [0.717, 1.165) is 11.1 Å². The third kappa shape index (κ3) is 2.31. The van der Waals surface area contributed by atoms with E-state index in [-0.39, 0.29) is 17.9 Å². The Bertz CT molecular complexity index is 638. The molecule has 1 saturated heterocycles. The molecule has 0 spiro atoms. The van der Waals surface area contributed by atoms with E-state index in [1.165, 1.54) is 0 Å². The largest absolute Gasteiger partial charge is 0.227 e. The van der Waals surface area contributed by atoms with Crippen LogP contribution in [0.25, 0.3) is 0 Å². The average Bonchev–Trinajstić information content (AvgIpc) is 2.20. The Kier molecular flexibility index (Phi) is 3.27. The van der Waals surface area contributed by atoms with Crippen LogP contribution in [0.15, 0.2) is 18.2 Å². The van der Waals surface area contributed by atoms with Crippen LogP contribution in [0.3, 0.4) is 0 Å². The number of hydrogen-bond donors (Lipinski definition) is 0. The zero-order valence-electron chi connectivity index (χ0n) is 10.4. The molecule has 1 heterocycles. The zero-order chi connectivity index (χ0) is 13.6. The van der Waals surface area contributed by atoms with Crippen molar-refractivity contribution in [1.82, 2.24) is 0 Å². The Hall–Kier alpha value is -0.880. The highest BCUT2D eigenvalue weighted by Crippen LogP contribution is 2.34. The van der Waals surface area contributed by atoms with Gasteiger partial charge in [-0.25, -0.2) is 16.8 Å². The summed E-state index contributed by atoms with van der Waals surface area (Å²) in [4.78, 5) is 0. The minimum atomic E-state index is -3.60. The van der Waals surface area contributed by atoms with Crippen LogP contribution in [0, 0.1) is 13.8 Å². The molecule has 0 aromatic heterocycles. The number of aryl methyl sites for hydroxylation is 2. The predicted molar refractivity (Wildman–Crippen MR) is 70.8 cm³/mol. The number of hydrogen-bond acceptors (Lipinski definition) is 4. The summed E-state index contributed by atoms with van der Waals surface area (Å²) in [6, 6.07) is 5.04. The van der Waals surface area contributed by atoms with Crippen LogP contribution in [0.2, 0.25) is 0 Å². The third-order valence-electron chi connectivity index (χ3n) is 3.31. The molecule has 6 heteroatoms. The lowest BCUT2D eigenvalue weighted by atomic mass is 10.1. The topological polar surface area (TPSA) is 68.3 Å². The summed E-state index contributed by atoms with van der Waals surface area (Å²) in [6.45, 7) is 3.75. The number of sulfone groups is 2. The molecule has 100 valence electrons. The first-order valence-electron chi connectivity index (χ1n) is 5.74. The van der Waals surface area contributed by atoms with E-state index in [1.54, 1.807) is 18.2 Å². The van der Waals surface area contributed by atoms with Gasteiger partial charge in [-0.3, -0.25) is 0 Å². The average molecular weight is 288 g/mol. The van der Waals surface area contributed by atoms with E-state index in [4.69, 9.17) is 0 Å². The highest BCUT2D eigenvalue weighted by molar-refractivity contribution is 8.09. The normalized spacial score (nSPS) is 22.8. The monoisotopic (exact) mass is 288 g/mol. The first kappa shape index (κ1) is 13.5. The van der Waals surface area contributed by atoms with Gasteiger partial charge in [0.2, 0.25) is 0 Å². The standard InChI is InChI=1S/C12H16O4S2/c1-9-4-5-11(8-10(9)2)12-17(13,14)6-3-7-18(12,15)16/h4-5,8,12H,3,6-7H2,1-2H3. The number of benzene rings is 1. The molecule has 0 aliphatic carbocycles. The molecule has 0 N–H and O–H groups in total. The molecule has 1 aromatic rings. The van der Waals surface area contributed by atoms with Crippen molar-refractivity contribution in [2.24, 2.45) is 0 Å². The molecule has 2 rings (SSSR count). The minimum absolute atomic E-state index is 0.0518. The van der Waals surface area contributed by atoms with Crippen LogP contribution in [0.5, 0.6) is 0 Å². The lowest BCUT2D eigenvalue weighted by molar-refractivity contribution is 0.567. The van der Waals surface area contributed by atoms with Crippen molar-refractivity contribution in [2.75, 3.05) is 11.5 Å². The molecule has 0 amide bonds. The summed E-state index contributed by atoms with van der Waals surface area (Å²) in [5, 5.41) is 0. The Balaban J connectivity index is 2.62. The maximum atomic E-state index is 12.0. The molecule has 0 unspecified atom stereocenters. The van der Waals surface area contributed by atoms with Crippen molar-refractivity contribution in [3.63, 3.8) is 0 Å². The highest BCUT2D eigenvalue weighted by Gasteiger charge is 2.42. The van der Waals surface area contributed by atoms with Gasteiger partial charge in [-0.1, -0.05) is 18.2 Å². The van der Waals surface area contributed by atoms with E-state index in [9.17, 15) is 16.8 Å². The molecule has 0 saturated carbocycles. The summed E-state index contributed by atoms with van der Waals surface area (Å²) < 4.78 is 46.7. The minimum Gasteiger partial charge on any atom is -0.227 e. The van der Waals surface area contributed by atoms with E-state index < -0.39 is 24.3 Å². The van der Waals surface area contributed by atoms with E-state index in [1.807, 2.05) is 13.8 Å². The molecule has 0 radical (unpaired) electrons. The van der Waals surface area contributed by atoms with E-state index >= 15 is 0 Å². The van der Waals surface area contributed by atoms with Crippen molar-refractivity contribution in [1.29, 1.82) is 0 Å². The van der Waals surface area contributed by atoms with Gasteiger partial charge in [-0.05, 0) is 37.0 Å². The van der Waals surface area contributed by atoms with Gasteiger partial charge >= 0.3 is 0 Å². The summed E-state index contributed by atoms with van der Waals surface area (Å²) >= 11 is 0. The Morgan fingerprint density at radius 2 is 1.50 bits per heavy atom. The Labute approximate surface area is 108 Å². The second-order valence-corrected chi connectivity index (χ2v) is 9.47. The second kappa shape index (κ2) is 4.35. The SMILES string of the molecule is Cc1ccc(C2S(=O)(=O)CCCS2(=O)=O)cc1C. The molecule has 0 atom stereocenters. The molecular formula is C12H16O4S2. The molecule has 1 aliphatic heterocycles. The predicted octanol–water partition coefficient (Wildman–Crippen LogP) is 1.54. The fraction of sp³-hybridized carbons (Fsp3) is 0.500. The first-order chi connectivity index (χ1) is 8.24. The third-order valence-corrected chi connectivity index (χ3v) is 8.64. The van der Waals surface area contributed by atoms with E-state index in [0.29, 0.717) is 5.56 Å². The van der Waals surface area contributed by atoms with Crippen LogP contribution < -0.4 is 0 Å². The van der Waals surface area contributed by atoms with Gasteiger partial charge in [0.25, 0.3) is 0 Å². The lowest BCUT2D eigenvalue weighted by Gasteiger charge is -2.23. The van der Waals surface area contributed by atoms with Gasteiger partial charge in [-0.15, -0.1) is 0 Å². The van der Waals surface area contributed by atoms with Crippen molar-refractivity contribution < 1.29 is 16.8 Å². The number of rotatable bonds is 1. The van der Waals surface area contributed by atoms with Crippen molar-refractivity contribution in [3.05, 3.63) is 34.9 Å². The molecule has 0 bridgehead atoms. The Morgan fingerprint density at radius 3 is 2.00 bits per heavy atom. The summed E-state index contributed by atoms with van der Waals surface area (Å²) in [7, 11) is -7.20. The fourth-order valence-electron chi connectivity index (χ4n) is 2.22. The van der Waals surface area contributed by atoms with Crippen molar-refractivity contribution >= 4 is 19.7 Å². The van der Waals surface area contributed by atoms with Gasteiger partial charge in [0.15, 0.2) is 24.3 Å². The zero-order valence-corrected chi connectivity index (χ0v) is 12.0. The maximum Gasteiger partial charge on any atom is 0.187 e. The lowest BCUT2D eigenvalue weighted by Crippen LogP contribution is -2.32. The van der Waals surface area contributed by atoms with Crippen LogP contribution in [0.1, 0.15) is 27.7 Å². The van der Waals surface area contributed by atoms with Gasteiger partial charge in [-0.2, -0.15) is 0 Å². The smallest absolute Gasteiger partial charge is 0.187 e. The fourth-order valence-corrected chi connectivity index (χ4v) is 7.42. The van der Waals surface area contributed by atoms with Gasteiger partial charge in [0.05, 0.1) is 11.5 Å². The van der Waals surface area contributed by atoms with E-state index in [2.05, 4.69) is 0 Å². The Morgan fingerprint density at radius 1 is 0.944 bits per heavy atom. The van der Waals surface area contributed by atoms with Crippen molar-refractivity contribution in [3.8, 4) is 0 Å². The summed E-state index contributed by atoms with van der Waals surface area (Å²) in [5.74, 6) is -0.104. The summed E-state index contributed by atoms with van der Waals surface area (Å²) in [6.07, 6.45) is 0.200. The van der Waals surface area contributed by atoms with Crippen LogP contribution in [0.4, 0.5) is 0 Å². The highest BCUT2D eigenvalue weighted by atomic mass is 32.3. The molecular weight excluding hydrogens is 272 g/mol. The van der Waals surface area contributed by atoms with Gasteiger partial charge in [0.1, 0.15) is 0 Å². The quantitative estimate of drug-likeness (QED) is 0.786. The molecule has 1 aromatic carbocycles. The second-order valence-electron chi connectivity index (χ2n) is 4.76. The summed E-state index contributed by atoms with van der Waals surface area (Å²) in [5.41, 5.74) is 2.30. The maximum absolute atomic E-state index is 12.0. The van der Waals surface area contributed by atoms with Crippen LogP contribution >= 0.6 is 0 Å². The van der Waals surface area contributed by atoms with Crippen LogP contribution in [-0.2, 0) is 19.7 Å². The van der Waals surface area contributed by atoms with Crippen LogP contribution in [-0.4, -0.2) is 28.3 Å². The first-order valence-corrected chi connectivity index (χ1v) is 9.17. The van der Waals surface area contributed by atoms with Crippen molar-refractivity contribution in [2.45, 2.75) is 24.9 Å². The van der Waals surface area contributed by atoms with Gasteiger partial charge in [0, 0.05) is 0 Å². The molecule has 1 fully saturated rings.